The van der Waals surface area contributed by atoms with Crippen LogP contribution in [0.1, 0.15) is 31.9 Å². The molecule has 0 saturated heterocycles. The first-order valence-electron chi connectivity index (χ1n) is 5.57. The van der Waals surface area contributed by atoms with Crippen molar-refractivity contribution in [2.45, 2.75) is 33.3 Å². The summed E-state index contributed by atoms with van der Waals surface area (Å²) in [6.07, 6.45) is 0. The van der Waals surface area contributed by atoms with E-state index in [1.807, 2.05) is 26.8 Å². The number of aryl methyl sites for hydroxylation is 1. The molecular formula is C13H18BrFO2. The first-order valence-corrected chi connectivity index (χ1v) is 6.36. The number of hydrogen-bond acceptors (Lipinski definition) is 2. The Morgan fingerprint density at radius 1 is 1.35 bits per heavy atom. The smallest absolute Gasteiger partial charge is 0.147 e. The van der Waals surface area contributed by atoms with Gasteiger partial charge in [-0.05, 0) is 39.3 Å². The van der Waals surface area contributed by atoms with E-state index in [1.54, 1.807) is 13.0 Å². The third-order valence-electron chi connectivity index (χ3n) is 2.59. The molecule has 0 N–H and O–H groups in total. The molecule has 0 amide bonds. The molecule has 0 unspecified atom stereocenters. The van der Waals surface area contributed by atoms with E-state index in [0.717, 1.165) is 0 Å². The van der Waals surface area contributed by atoms with Gasteiger partial charge in [0.1, 0.15) is 12.6 Å². The molecule has 17 heavy (non-hydrogen) atoms. The summed E-state index contributed by atoms with van der Waals surface area (Å²) in [5, 5.41) is 0. The van der Waals surface area contributed by atoms with E-state index in [0.29, 0.717) is 22.2 Å². The van der Waals surface area contributed by atoms with E-state index in [-0.39, 0.29) is 12.6 Å². The number of ether oxygens (including phenoxy) is 2. The molecule has 0 heterocycles. The summed E-state index contributed by atoms with van der Waals surface area (Å²) in [7, 11) is 0. The monoisotopic (exact) mass is 304 g/mol. The van der Waals surface area contributed by atoms with Crippen LogP contribution in [0.15, 0.2) is 16.6 Å². The van der Waals surface area contributed by atoms with Crippen molar-refractivity contribution in [2.75, 3.05) is 13.4 Å². The van der Waals surface area contributed by atoms with E-state index >= 15 is 0 Å². The van der Waals surface area contributed by atoms with Gasteiger partial charge in [0.05, 0.1) is 5.60 Å². The molecular weight excluding hydrogens is 287 g/mol. The molecule has 0 saturated carbocycles. The van der Waals surface area contributed by atoms with E-state index in [2.05, 4.69) is 15.9 Å². The van der Waals surface area contributed by atoms with Crippen molar-refractivity contribution in [3.8, 4) is 0 Å². The zero-order valence-corrected chi connectivity index (χ0v) is 12.2. The van der Waals surface area contributed by atoms with E-state index in [1.165, 1.54) is 0 Å². The van der Waals surface area contributed by atoms with Crippen LogP contribution in [0.4, 0.5) is 4.39 Å². The Kier molecular flexibility index (Phi) is 5.10. The van der Waals surface area contributed by atoms with Crippen LogP contribution in [0.25, 0.3) is 0 Å². The minimum absolute atomic E-state index is 0.156. The zero-order chi connectivity index (χ0) is 13.1. The van der Waals surface area contributed by atoms with Gasteiger partial charge in [0, 0.05) is 16.6 Å². The number of benzene rings is 1. The van der Waals surface area contributed by atoms with Gasteiger partial charge in [0.15, 0.2) is 0 Å². The molecule has 96 valence electrons. The standard InChI is InChI=1S/C13H18BrFO2/c1-5-16-8-17-13(3,4)11-10(14)7-6-9(2)12(11)15/h6-7H,5,8H2,1-4H3. The fourth-order valence-corrected chi connectivity index (χ4v) is 2.34. The van der Waals surface area contributed by atoms with Crippen LogP contribution in [-0.2, 0) is 15.1 Å². The first-order chi connectivity index (χ1) is 7.90. The molecule has 0 bridgehead atoms. The van der Waals surface area contributed by atoms with E-state index < -0.39 is 5.60 Å². The second kappa shape index (κ2) is 5.94. The Morgan fingerprint density at radius 3 is 2.59 bits per heavy atom. The highest BCUT2D eigenvalue weighted by molar-refractivity contribution is 9.10. The molecule has 0 fully saturated rings. The molecule has 0 aliphatic heterocycles. The zero-order valence-electron chi connectivity index (χ0n) is 10.6. The quantitative estimate of drug-likeness (QED) is 0.601. The SMILES string of the molecule is CCOCOC(C)(C)c1c(Br)ccc(C)c1F. The van der Waals surface area contributed by atoms with Crippen LogP contribution >= 0.6 is 15.9 Å². The Bertz CT molecular complexity index is 391. The molecule has 1 rings (SSSR count). The Labute approximate surface area is 110 Å². The highest BCUT2D eigenvalue weighted by Gasteiger charge is 2.28. The maximum absolute atomic E-state index is 14.1. The van der Waals surface area contributed by atoms with Gasteiger partial charge in [-0.3, -0.25) is 0 Å². The van der Waals surface area contributed by atoms with Crippen molar-refractivity contribution in [1.82, 2.24) is 0 Å². The van der Waals surface area contributed by atoms with Crippen molar-refractivity contribution in [2.24, 2.45) is 0 Å². The van der Waals surface area contributed by atoms with Crippen LogP contribution in [0.5, 0.6) is 0 Å². The lowest BCUT2D eigenvalue weighted by Crippen LogP contribution is -2.25. The summed E-state index contributed by atoms with van der Waals surface area (Å²) in [6.45, 7) is 8.02. The van der Waals surface area contributed by atoms with Gasteiger partial charge in [-0.15, -0.1) is 0 Å². The number of halogens is 2. The second-order valence-corrected chi connectivity index (χ2v) is 5.17. The van der Waals surface area contributed by atoms with Gasteiger partial charge >= 0.3 is 0 Å². The molecule has 1 aromatic carbocycles. The van der Waals surface area contributed by atoms with Crippen LogP contribution in [-0.4, -0.2) is 13.4 Å². The molecule has 0 spiro atoms. The molecule has 2 nitrogen and oxygen atoms in total. The maximum Gasteiger partial charge on any atom is 0.147 e. The largest absolute Gasteiger partial charge is 0.356 e. The third kappa shape index (κ3) is 3.50. The van der Waals surface area contributed by atoms with Crippen molar-refractivity contribution in [1.29, 1.82) is 0 Å². The normalized spacial score (nSPS) is 11.9. The molecule has 0 aliphatic carbocycles. The molecule has 1 aromatic rings. The molecule has 0 aromatic heterocycles. The predicted molar refractivity (Wildman–Crippen MR) is 69.4 cm³/mol. The van der Waals surface area contributed by atoms with Crippen molar-refractivity contribution >= 4 is 15.9 Å². The number of hydrogen-bond donors (Lipinski definition) is 0. The molecule has 0 aliphatic rings. The predicted octanol–water partition coefficient (Wildman–Crippen LogP) is 4.14. The molecule has 0 atom stereocenters. The van der Waals surface area contributed by atoms with Crippen molar-refractivity contribution in [3.63, 3.8) is 0 Å². The first kappa shape index (κ1) is 14.6. The van der Waals surface area contributed by atoms with E-state index in [4.69, 9.17) is 9.47 Å². The summed E-state index contributed by atoms with van der Waals surface area (Å²) in [5.74, 6) is -0.235. The molecule has 4 heteroatoms. The highest BCUT2D eigenvalue weighted by atomic mass is 79.9. The average Bonchev–Trinajstić information content (AvgIpc) is 2.24. The fraction of sp³-hybridized carbons (Fsp3) is 0.538. The second-order valence-electron chi connectivity index (χ2n) is 4.32. The third-order valence-corrected chi connectivity index (χ3v) is 3.25. The summed E-state index contributed by atoms with van der Waals surface area (Å²) in [4.78, 5) is 0. The van der Waals surface area contributed by atoms with Gasteiger partial charge in [-0.25, -0.2) is 4.39 Å². The lowest BCUT2D eigenvalue weighted by Gasteiger charge is -2.27. The Balaban J connectivity index is 3.01. The maximum atomic E-state index is 14.1. The Morgan fingerprint density at radius 2 is 2.00 bits per heavy atom. The van der Waals surface area contributed by atoms with E-state index in [9.17, 15) is 4.39 Å². The Hall–Kier alpha value is -0.450. The average molecular weight is 305 g/mol. The van der Waals surface area contributed by atoms with Crippen LogP contribution in [0, 0.1) is 12.7 Å². The topological polar surface area (TPSA) is 18.5 Å². The highest BCUT2D eigenvalue weighted by Crippen LogP contribution is 2.34. The van der Waals surface area contributed by atoms with Gasteiger partial charge in [-0.2, -0.15) is 0 Å². The van der Waals surface area contributed by atoms with Gasteiger partial charge in [0.25, 0.3) is 0 Å². The fourth-order valence-electron chi connectivity index (χ4n) is 1.55. The minimum atomic E-state index is -0.732. The van der Waals surface area contributed by atoms with Crippen LogP contribution in [0.2, 0.25) is 0 Å². The van der Waals surface area contributed by atoms with Gasteiger partial charge < -0.3 is 9.47 Å². The van der Waals surface area contributed by atoms with Gasteiger partial charge in [-0.1, -0.05) is 22.0 Å². The van der Waals surface area contributed by atoms with Crippen LogP contribution < -0.4 is 0 Å². The minimum Gasteiger partial charge on any atom is -0.356 e. The van der Waals surface area contributed by atoms with Crippen molar-refractivity contribution in [3.05, 3.63) is 33.5 Å². The number of rotatable bonds is 5. The summed E-state index contributed by atoms with van der Waals surface area (Å²) < 4.78 is 25.5. The lowest BCUT2D eigenvalue weighted by atomic mass is 9.95. The van der Waals surface area contributed by atoms with Gasteiger partial charge in [0.2, 0.25) is 0 Å². The van der Waals surface area contributed by atoms with Crippen LogP contribution in [0.3, 0.4) is 0 Å². The summed E-state index contributed by atoms with van der Waals surface area (Å²) in [5.41, 5.74) is 0.401. The molecule has 0 radical (unpaired) electrons. The summed E-state index contributed by atoms with van der Waals surface area (Å²) in [6, 6.07) is 3.57. The lowest BCUT2D eigenvalue weighted by molar-refractivity contribution is -0.130. The summed E-state index contributed by atoms with van der Waals surface area (Å²) >= 11 is 3.37. The van der Waals surface area contributed by atoms with Crippen molar-refractivity contribution < 1.29 is 13.9 Å².